The summed E-state index contributed by atoms with van der Waals surface area (Å²) in [6.45, 7) is 0.675. The van der Waals surface area contributed by atoms with Gasteiger partial charge in [-0.3, -0.25) is 4.79 Å². The third-order valence-corrected chi connectivity index (χ3v) is 2.26. The Morgan fingerprint density at radius 1 is 1.40 bits per heavy atom. The third-order valence-electron chi connectivity index (χ3n) is 1.99. The number of nitrogens with one attached hydrogen (secondary N) is 2. The molecule has 1 aromatic rings. The molecule has 15 heavy (non-hydrogen) atoms. The minimum absolute atomic E-state index is 0.180. The first kappa shape index (κ1) is 12.0. The molecular weight excluding hydrogens is 216 g/mol. The number of amides is 1. The van der Waals surface area contributed by atoms with Gasteiger partial charge in [-0.1, -0.05) is 12.8 Å². The van der Waals surface area contributed by atoms with Crippen LogP contribution in [-0.4, -0.2) is 33.7 Å². The van der Waals surface area contributed by atoms with Crippen LogP contribution in [0.4, 0.5) is 0 Å². The Morgan fingerprint density at radius 3 is 2.87 bits per heavy atom. The van der Waals surface area contributed by atoms with E-state index in [4.69, 9.17) is 11.6 Å². The smallest absolute Gasteiger partial charge is 0.273 e. The zero-order valence-electron chi connectivity index (χ0n) is 8.50. The lowest BCUT2D eigenvalue weighted by molar-refractivity contribution is 0.0948. The van der Waals surface area contributed by atoms with Crippen molar-refractivity contribution in [2.45, 2.75) is 25.7 Å². The number of H-pyrrole nitrogens is 1. The van der Waals surface area contributed by atoms with E-state index in [2.05, 4.69) is 20.7 Å². The lowest BCUT2D eigenvalue weighted by Crippen LogP contribution is -2.24. The van der Waals surface area contributed by atoms with Crippen LogP contribution in [0.5, 0.6) is 0 Å². The van der Waals surface area contributed by atoms with Crippen molar-refractivity contribution in [2.24, 2.45) is 0 Å². The van der Waals surface area contributed by atoms with E-state index in [0.717, 1.165) is 25.7 Å². The van der Waals surface area contributed by atoms with Gasteiger partial charge in [0.05, 0.1) is 6.20 Å². The molecule has 0 radical (unpaired) electrons. The summed E-state index contributed by atoms with van der Waals surface area (Å²) in [5.41, 5.74) is 0.329. The van der Waals surface area contributed by atoms with Crippen LogP contribution in [0.25, 0.3) is 0 Å². The van der Waals surface area contributed by atoms with Gasteiger partial charge in [0.15, 0.2) is 5.69 Å². The second-order valence-electron chi connectivity index (χ2n) is 3.21. The number of carbonyl (C=O) groups is 1. The summed E-state index contributed by atoms with van der Waals surface area (Å²) in [5, 5.41) is 12.4. The predicted molar refractivity (Wildman–Crippen MR) is 57.9 cm³/mol. The molecule has 5 nitrogen and oxygen atoms in total. The van der Waals surface area contributed by atoms with E-state index in [0.29, 0.717) is 18.1 Å². The average Bonchev–Trinajstić information content (AvgIpc) is 2.76. The number of aromatic nitrogens is 3. The fourth-order valence-corrected chi connectivity index (χ4v) is 1.37. The molecular formula is C9H15ClN4O. The normalized spacial score (nSPS) is 10.2. The summed E-state index contributed by atoms with van der Waals surface area (Å²) in [7, 11) is 0. The van der Waals surface area contributed by atoms with Crippen LogP contribution in [0, 0.1) is 0 Å². The van der Waals surface area contributed by atoms with E-state index < -0.39 is 0 Å². The highest BCUT2D eigenvalue weighted by Crippen LogP contribution is 2.00. The van der Waals surface area contributed by atoms with Crippen molar-refractivity contribution < 1.29 is 4.79 Å². The Balaban J connectivity index is 2.03. The Morgan fingerprint density at radius 2 is 2.20 bits per heavy atom. The Kier molecular flexibility index (Phi) is 5.77. The molecule has 0 aliphatic heterocycles. The number of aromatic amines is 1. The molecule has 6 heteroatoms. The summed E-state index contributed by atoms with van der Waals surface area (Å²) < 4.78 is 0. The largest absolute Gasteiger partial charge is 0.351 e. The van der Waals surface area contributed by atoms with Crippen LogP contribution in [0.3, 0.4) is 0 Å². The van der Waals surface area contributed by atoms with Gasteiger partial charge < -0.3 is 5.32 Å². The first-order chi connectivity index (χ1) is 7.34. The minimum atomic E-state index is -0.180. The second kappa shape index (κ2) is 7.23. The van der Waals surface area contributed by atoms with Crippen molar-refractivity contribution in [3.63, 3.8) is 0 Å². The molecule has 2 N–H and O–H groups in total. The number of alkyl halides is 1. The number of carbonyl (C=O) groups excluding carboxylic acids is 1. The molecule has 0 aromatic carbocycles. The lowest BCUT2D eigenvalue weighted by atomic mass is 10.2. The lowest BCUT2D eigenvalue weighted by Gasteiger charge is -2.01. The van der Waals surface area contributed by atoms with Gasteiger partial charge in [0.1, 0.15) is 0 Å². The summed E-state index contributed by atoms with van der Waals surface area (Å²) in [6.07, 6.45) is 5.62. The maximum atomic E-state index is 11.3. The van der Waals surface area contributed by atoms with E-state index in [9.17, 15) is 4.79 Å². The standard InChI is InChI=1S/C9H15ClN4O/c10-5-3-1-2-4-6-11-9(15)8-7-12-14-13-8/h7H,1-6H2,(H,11,15)(H,12,13,14). The number of rotatable bonds is 7. The van der Waals surface area contributed by atoms with Gasteiger partial charge in [0, 0.05) is 12.4 Å². The van der Waals surface area contributed by atoms with Crippen molar-refractivity contribution in [3.05, 3.63) is 11.9 Å². The maximum Gasteiger partial charge on any atom is 0.273 e. The quantitative estimate of drug-likeness (QED) is 0.549. The van der Waals surface area contributed by atoms with Gasteiger partial charge in [-0.25, -0.2) is 0 Å². The minimum Gasteiger partial charge on any atom is -0.351 e. The molecule has 0 fully saturated rings. The Labute approximate surface area is 93.6 Å². The van der Waals surface area contributed by atoms with Gasteiger partial charge >= 0.3 is 0 Å². The summed E-state index contributed by atoms with van der Waals surface area (Å²) in [6, 6.07) is 0. The number of hydrogen-bond acceptors (Lipinski definition) is 3. The van der Waals surface area contributed by atoms with Crippen LogP contribution < -0.4 is 5.32 Å². The molecule has 0 saturated heterocycles. The SMILES string of the molecule is O=C(NCCCCCCCl)c1cn[nH]n1. The molecule has 0 atom stereocenters. The average molecular weight is 231 g/mol. The van der Waals surface area contributed by atoms with Crippen LogP contribution in [0.2, 0.25) is 0 Å². The highest BCUT2D eigenvalue weighted by molar-refractivity contribution is 6.17. The summed E-state index contributed by atoms with van der Waals surface area (Å²) in [4.78, 5) is 11.3. The van der Waals surface area contributed by atoms with Gasteiger partial charge in [-0.05, 0) is 12.8 Å². The molecule has 0 spiro atoms. The molecule has 0 unspecified atom stereocenters. The highest BCUT2D eigenvalue weighted by Gasteiger charge is 2.06. The molecule has 1 amide bonds. The molecule has 1 rings (SSSR count). The van der Waals surface area contributed by atoms with Crippen LogP contribution in [-0.2, 0) is 0 Å². The van der Waals surface area contributed by atoms with E-state index in [1.165, 1.54) is 6.20 Å². The first-order valence-corrected chi connectivity index (χ1v) is 5.58. The van der Waals surface area contributed by atoms with E-state index in [1.807, 2.05) is 0 Å². The molecule has 0 saturated carbocycles. The zero-order chi connectivity index (χ0) is 10.9. The third kappa shape index (κ3) is 4.78. The van der Waals surface area contributed by atoms with E-state index in [1.54, 1.807) is 0 Å². The van der Waals surface area contributed by atoms with Crippen molar-refractivity contribution in [3.8, 4) is 0 Å². The van der Waals surface area contributed by atoms with E-state index >= 15 is 0 Å². The Bertz CT molecular complexity index is 276. The molecule has 1 heterocycles. The van der Waals surface area contributed by atoms with Crippen LogP contribution in [0.1, 0.15) is 36.2 Å². The molecule has 1 aromatic heterocycles. The van der Waals surface area contributed by atoms with Gasteiger partial charge in [0.25, 0.3) is 5.91 Å². The van der Waals surface area contributed by atoms with Crippen molar-refractivity contribution >= 4 is 17.5 Å². The van der Waals surface area contributed by atoms with Gasteiger partial charge in [-0.2, -0.15) is 15.4 Å². The second-order valence-corrected chi connectivity index (χ2v) is 3.59. The first-order valence-electron chi connectivity index (χ1n) is 5.04. The van der Waals surface area contributed by atoms with Gasteiger partial charge in [-0.15, -0.1) is 11.6 Å². The van der Waals surface area contributed by atoms with Gasteiger partial charge in [0.2, 0.25) is 0 Å². The number of halogens is 1. The zero-order valence-corrected chi connectivity index (χ0v) is 9.26. The van der Waals surface area contributed by atoms with Crippen LogP contribution in [0.15, 0.2) is 6.20 Å². The number of unbranched alkanes of at least 4 members (excludes halogenated alkanes) is 3. The monoisotopic (exact) mass is 230 g/mol. The fourth-order valence-electron chi connectivity index (χ4n) is 1.18. The fraction of sp³-hybridized carbons (Fsp3) is 0.667. The number of hydrogen-bond donors (Lipinski definition) is 2. The van der Waals surface area contributed by atoms with E-state index in [-0.39, 0.29) is 5.91 Å². The molecule has 84 valence electrons. The van der Waals surface area contributed by atoms with Crippen molar-refractivity contribution in [1.29, 1.82) is 0 Å². The topological polar surface area (TPSA) is 70.7 Å². The molecule has 0 aliphatic carbocycles. The van der Waals surface area contributed by atoms with Crippen LogP contribution >= 0.6 is 11.6 Å². The summed E-state index contributed by atoms with van der Waals surface area (Å²) >= 11 is 5.54. The summed E-state index contributed by atoms with van der Waals surface area (Å²) in [5.74, 6) is 0.534. The highest BCUT2D eigenvalue weighted by atomic mass is 35.5. The maximum absolute atomic E-state index is 11.3. The van der Waals surface area contributed by atoms with Crippen molar-refractivity contribution in [2.75, 3.05) is 12.4 Å². The Hall–Kier alpha value is -1.10. The molecule has 0 bridgehead atoms. The van der Waals surface area contributed by atoms with Crippen molar-refractivity contribution in [1.82, 2.24) is 20.7 Å². The molecule has 0 aliphatic rings. The number of nitrogens with zero attached hydrogens (tertiary/aromatic N) is 2. The predicted octanol–water partition coefficient (Wildman–Crippen LogP) is 1.33.